The minimum Gasteiger partial charge on any atom is -0.341 e. The summed E-state index contributed by atoms with van der Waals surface area (Å²) >= 11 is 0. The van der Waals surface area contributed by atoms with E-state index in [1.165, 1.54) is 5.56 Å². The van der Waals surface area contributed by atoms with E-state index in [1.54, 1.807) is 0 Å². The molecule has 0 aliphatic heterocycles. The predicted molar refractivity (Wildman–Crippen MR) is 70.2 cm³/mol. The fourth-order valence-electron chi connectivity index (χ4n) is 1.89. The van der Waals surface area contributed by atoms with Gasteiger partial charge in [0.15, 0.2) is 0 Å². The molecular formula is C14H18N2O. The van der Waals surface area contributed by atoms with Crippen LogP contribution < -0.4 is 4.90 Å². The van der Waals surface area contributed by atoms with Gasteiger partial charge < -0.3 is 9.42 Å². The molecule has 0 bridgehead atoms. The normalized spacial score (nSPS) is 10.5. The molecule has 2 rings (SSSR count). The quantitative estimate of drug-likeness (QED) is 0.805. The number of benzene rings is 1. The van der Waals surface area contributed by atoms with Crippen LogP contribution in [0.1, 0.15) is 19.4 Å². The Bertz CT molecular complexity index is 486. The molecule has 0 spiro atoms. The van der Waals surface area contributed by atoms with E-state index in [9.17, 15) is 0 Å². The van der Waals surface area contributed by atoms with Gasteiger partial charge in [-0.1, -0.05) is 28.9 Å². The van der Waals surface area contributed by atoms with Crippen LogP contribution in [-0.2, 0) is 0 Å². The van der Waals surface area contributed by atoms with Crippen molar-refractivity contribution in [1.82, 2.24) is 5.16 Å². The summed E-state index contributed by atoms with van der Waals surface area (Å²) in [6.07, 6.45) is 0. The lowest BCUT2D eigenvalue weighted by molar-refractivity contribution is 0.420. The third-order valence-corrected chi connectivity index (χ3v) is 2.89. The minimum atomic E-state index is 0.839. The van der Waals surface area contributed by atoms with Crippen LogP contribution in [0.2, 0.25) is 0 Å². The smallest absolute Gasteiger partial charge is 0.227 e. The first kappa shape index (κ1) is 11.7. The van der Waals surface area contributed by atoms with E-state index >= 15 is 0 Å². The fraction of sp³-hybridized carbons (Fsp3) is 0.357. The maximum Gasteiger partial charge on any atom is 0.227 e. The van der Waals surface area contributed by atoms with Crippen LogP contribution in [0.15, 0.2) is 34.9 Å². The van der Waals surface area contributed by atoms with Crippen molar-refractivity contribution in [2.24, 2.45) is 0 Å². The zero-order chi connectivity index (χ0) is 12.3. The Hall–Kier alpha value is -1.77. The Morgan fingerprint density at radius 2 is 1.94 bits per heavy atom. The summed E-state index contributed by atoms with van der Waals surface area (Å²) in [5, 5.41) is 4.13. The molecular weight excluding hydrogens is 212 g/mol. The molecule has 0 fully saturated rings. The predicted octanol–water partition coefficient (Wildman–Crippen LogP) is 3.50. The number of aryl methyl sites for hydroxylation is 1. The molecule has 0 aliphatic rings. The average molecular weight is 230 g/mol. The maximum atomic E-state index is 5.38. The number of aromatic nitrogens is 1. The summed E-state index contributed by atoms with van der Waals surface area (Å²) in [7, 11) is 0. The van der Waals surface area contributed by atoms with Gasteiger partial charge in [0.1, 0.15) is 5.69 Å². The van der Waals surface area contributed by atoms with E-state index < -0.39 is 0 Å². The molecule has 0 aliphatic carbocycles. The first-order valence-corrected chi connectivity index (χ1v) is 6.03. The SMILES string of the molecule is CCN(CC)c1cc(-c2cccc(C)c2)no1. The van der Waals surface area contributed by atoms with Gasteiger partial charge in [0, 0.05) is 24.7 Å². The van der Waals surface area contributed by atoms with Crippen LogP contribution in [-0.4, -0.2) is 18.2 Å². The first-order chi connectivity index (χ1) is 8.24. The number of nitrogens with zero attached hydrogens (tertiary/aromatic N) is 2. The third-order valence-electron chi connectivity index (χ3n) is 2.89. The number of anilines is 1. The molecule has 0 atom stereocenters. The number of hydrogen-bond donors (Lipinski definition) is 0. The van der Waals surface area contributed by atoms with Crippen LogP contribution in [0.4, 0.5) is 5.88 Å². The van der Waals surface area contributed by atoms with Gasteiger partial charge in [-0.25, -0.2) is 0 Å². The lowest BCUT2D eigenvalue weighted by Crippen LogP contribution is -2.20. The van der Waals surface area contributed by atoms with E-state index in [2.05, 4.69) is 49.0 Å². The lowest BCUT2D eigenvalue weighted by Gasteiger charge is -2.15. The maximum absolute atomic E-state index is 5.38. The average Bonchev–Trinajstić information content (AvgIpc) is 2.80. The highest BCUT2D eigenvalue weighted by Gasteiger charge is 2.10. The Morgan fingerprint density at radius 1 is 1.18 bits per heavy atom. The summed E-state index contributed by atoms with van der Waals surface area (Å²) in [6.45, 7) is 8.16. The number of hydrogen-bond acceptors (Lipinski definition) is 3. The molecule has 0 N–H and O–H groups in total. The van der Waals surface area contributed by atoms with Crippen molar-refractivity contribution in [3.8, 4) is 11.3 Å². The molecule has 17 heavy (non-hydrogen) atoms. The molecule has 3 nitrogen and oxygen atoms in total. The molecule has 0 saturated carbocycles. The van der Waals surface area contributed by atoms with Crippen molar-refractivity contribution in [3.05, 3.63) is 35.9 Å². The van der Waals surface area contributed by atoms with Gasteiger partial charge in [-0.05, 0) is 26.8 Å². The lowest BCUT2D eigenvalue weighted by atomic mass is 10.1. The molecule has 0 saturated heterocycles. The summed E-state index contributed by atoms with van der Waals surface area (Å²) < 4.78 is 5.38. The Kier molecular flexibility index (Phi) is 3.47. The third kappa shape index (κ3) is 2.49. The minimum absolute atomic E-state index is 0.839. The van der Waals surface area contributed by atoms with E-state index in [0.29, 0.717) is 0 Å². The zero-order valence-electron chi connectivity index (χ0n) is 10.6. The van der Waals surface area contributed by atoms with Gasteiger partial charge in [0.25, 0.3) is 0 Å². The van der Waals surface area contributed by atoms with E-state index in [1.807, 2.05) is 12.1 Å². The Labute approximate surface area is 102 Å². The first-order valence-electron chi connectivity index (χ1n) is 6.03. The van der Waals surface area contributed by atoms with Crippen molar-refractivity contribution in [1.29, 1.82) is 0 Å². The van der Waals surface area contributed by atoms with E-state index in [-0.39, 0.29) is 0 Å². The molecule has 0 amide bonds. The van der Waals surface area contributed by atoms with E-state index in [4.69, 9.17) is 4.52 Å². The molecule has 3 heteroatoms. The van der Waals surface area contributed by atoms with Gasteiger partial charge in [-0.3, -0.25) is 0 Å². The van der Waals surface area contributed by atoms with Crippen LogP contribution >= 0.6 is 0 Å². The summed E-state index contributed by atoms with van der Waals surface area (Å²) in [6, 6.07) is 10.3. The summed E-state index contributed by atoms with van der Waals surface area (Å²) in [5.74, 6) is 0.839. The van der Waals surface area contributed by atoms with Crippen molar-refractivity contribution in [2.45, 2.75) is 20.8 Å². The van der Waals surface area contributed by atoms with Crippen LogP contribution in [0.5, 0.6) is 0 Å². The summed E-state index contributed by atoms with van der Waals surface area (Å²) in [5.41, 5.74) is 3.23. The highest BCUT2D eigenvalue weighted by atomic mass is 16.5. The summed E-state index contributed by atoms with van der Waals surface area (Å²) in [4.78, 5) is 2.15. The highest BCUT2D eigenvalue weighted by Crippen LogP contribution is 2.24. The van der Waals surface area contributed by atoms with Gasteiger partial charge in [0.2, 0.25) is 5.88 Å². The Morgan fingerprint density at radius 3 is 2.59 bits per heavy atom. The largest absolute Gasteiger partial charge is 0.341 e. The second kappa shape index (κ2) is 5.04. The van der Waals surface area contributed by atoms with Crippen molar-refractivity contribution in [3.63, 3.8) is 0 Å². The Balaban J connectivity index is 2.29. The monoisotopic (exact) mass is 230 g/mol. The standard InChI is InChI=1S/C14H18N2O/c1-4-16(5-2)14-10-13(15-17-14)12-8-6-7-11(3)9-12/h6-10H,4-5H2,1-3H3. The van der Waals surface area contributed by atoms with Crippen LogP contribution in [0.25, 0.3) is 11.3 Å². The molecule has 90 valence electrons. The molecule has 0 radical (unpaired) electrons. The van der Waals surface area contributed by atoms with E-state index in [0.717, 1.165) is 30.2 Å². The fourth-order valence-corrected chi connectivity index (χ4v) is 1.89. The zero-order valence-corrected chi connectivity index (χ0v) is 10.6. The van der Waals surface area contributed by atoms with Crippen molar-refractivity contribution >= 4 is 5.88 Å². The number of rotatable bonds is 4. The topological polar surface area (TPSA) is 29.3 Å². The van der Waals surface area contributed by atoms with Crippen molar-refractivity contribution in [2.75, 3.05) is 18.0 Å². The molecule has 1 heterocycles. The molecule has 0 unspecified atom stereocenters. The van der Waals surface area contributed by atoms with Crippen LogP contribution in [0.3, 0.4) is 0 Å². The molecule has 1 aromatic carbocycles. The van der Waals surface area contributed by atoms with Crippen molar-refractivity contribution < 1.29 is 4.52 Å². The van der Waals surface area contributed by atoms with Crippen LogP contribution in [0, 0.1) is 6.92 Å². The van der Waals surface area contributed by atoms with Gasteiger partial charge >= 0.3 is 0 Å². The molecule has 2 aromatic rings. The highest BCUT2D eigenvalue weighted by molar-refractivity contribution is 5.62. The van der Waals surface area contributed by atoms with Gasteiger partial charge in [0.05, 0.1) is 0 Å². The molecule has 1 aromatic heterocycles. The van der Waals surface area contributed by atoms with Gasteiger partial charge in [-0.15, -0.1) is 0 Å². The second-order valence-corrected chi connectivity index (χ2v) is 4.09. The van der Waals surface area contributed by atoms with Gasteiger partial charge in [-0.2, -0.15) is 0 Å². The second-order valence-electron chi connectivity index (χ2n) is 4.09.